The molecule has 7 nitrogen and oxygen atoms in total. The first kappa shape index (κ1) is 15.7. The van der Waals surface area contributed by atoms with Crippen LogP contribution in [-0.4, -0.2) is 36.4 Å². The zero-order valence-corrected chi connectivity index (χ0v) is 10.4. The number of rotatable bonds is 4. The van der Waals surface area contributed by atoms with Gasteiger partial charge in [-0.15, -0.1) is 0 Å². The van der Waals surface area contributed by atoms with Crippen molar-refractivity contribution in [2.24, 2.45) is 0 Å². The number of aromatic amines is 1. The maximum absolute atomic E-state index is 11.0. The minimum Gasteiger partial charge on any atom is -0.462 e. The fraction of sp³-hybridized carbons (Fsp3) is 0.364. The maximum Gasteiger partial charge on any atom is 0.348 e. The van der Waals surface area contributed by atoms with E-state index < -0.39 is 5.97 Å². The van der Waals surface area contributed by atoms with Crippen LogP contribution in [-0.2, 0) is 14.3 Å². The maximum atomic E-state index is 11.0. The second-order valence-electron chi connectivity index (χ2n) is 2.92. The third kappa shape index (κ3) is 5.69. The zero-order valence-electron chi connectivity index (χ0n) is 10.4. The van der Waals surface area contributed by atoms with Crippen LogP contribution in [0, 0.1) is 5.41 Å². The van der Waals surface area contributed by atoms with E-state index in [1.165, 1.54) is 0 Å². The molecule has 0 bridgehead atoms. The summed E-state index contributed by atoms with van der Waals surface area (Å²) in [6.45, 7) is 4.15. The third-order valence-electron chi connectivity index (χ3n) is 1.68. The summed E-state index contributed by atoms with van der Waals surface area (Å²) in [5.41, 5.74) is 5.81. The Morgan fingerprint density at radius 3 is 2.33 bits per heavy atom. The molecule has 0 aliphatic heterocycles. The van der Waals surface area contributed by atoms with Gasteiger partial charge in [0.05, 0.1) is 13.2 Å². The molecule has 1 rings (SSSR count). The van der Waals surface area contributed by atoms with Gasteiger partial charge in [-0.25, -0.2) is 9.59 Å². The lowest BCUT2D eigenvalue weighted by Crippen LogP contribution is -2.05. The van der Waals surface area contributed by atoms with Crippen molar-refractivity contribution in [1.82, 2.24) is 4.98 Å². The van der Waals surface area contributed by atoms with Crippen molar-refractivity contribution in [3.8, 4) is 0 Å². The summed E-state index contributed by atoms with van der Waals surface area (Å²) in [6, 6.07) is 1.59. The van der Waals surface area contributed by atoms with Gasteiger partial charge in [0, 0.05) is 6.20 Å². The second-order valence-corrected chi connectivity index (χ2v) is 2.92. The van der Waals surface area contributed by atoms with Gasteiger partial charge in [-0.05, 0) is 19.9 Å². The largest absolute Gasteiger partial charge is 0.462 e. The molecule has 0 saturated heterocycles. The number of hydrogen-bond acceptors (Lipinski definition) is 6. The van der Waals surface area contributed by atoms with Crippen molar-refractivity contribution < 1.29 is 19.1 Å². The number of nitrogens with one attached hydrogen (secondary N) is 2. The Hall–Kier alpha value is -2.31. The molecule has 100 valence electrons. The van der Waals surface area contributed by atoms with E-state index in [2.05, 4.69) is 9.72 Å². The van der Waals surface area contributed by atoms with E-state index >= 15 is 0 Å². The standard InChI is InChI=1S/C7H10N2O2.C4H7NO2/c1-2-11-7(10)5-3-4-9-6(5)8;1-2-7-4(6)3-5/h3-4,9H,2,8H2,1H3;3,5H,2H2,1H3. The van der Waals surface area contributed by atoms with Gasteiger partial charge in [0.15, 0.2) is 0 Å². The van der Waals surface area contributed by atoms with Gasteiger partial charge in [0.1, 0.15) is 17.6 Å². The van der Waals surface area contributed by atoms with Crippen molar-refractivity contribution in [1.29, 1.82) is 5.41 Å². The number of H-pyrrole nitrogens is 1. The number of carbonyl (C=O) groups is 2. The molecule has 1 aromatic rings. The predicted molar refractivity (Wildman–Crippen MR) is 66.6 cm³/mol. The topological polar surface area (TPSA) is 118 Å². The highest BCUT2D eigenvalue weighted by atomic mass is 16.5. The number of ether oxygens (including phenoxy) is 2. The number of esters is 2. The molecule has 7 heteroatoms. The smallest absolute Gasteiger partial charge is 0.348 e. The lowest BCUT2D eigenvalue weighted by Gasteiger charge is -1.98. The van der Waals surface area contributed by atoms with Crippen LogP contribution >= 0.6 is 0 Å². The van der Waals surface area contributed by atoms with E-state index in [1.54, 1.807) is 26.1 Å². The Bertz CT molecular complexity index is 401. The quantitative estimate of drug-likeness (QED) is 0.547. The third-order valence-corrected chi connectivity index (χ3v) is 1.68. The fourth-order valence-electron chi connectivity index (χ4n) is 0.953. The molecule has 4 N–H and O–H groups in total. The highest BCUT2D eigenvalue weighted by molar-refractivity contribution is 6.21. The van der Waals surface area contributed by atoms with E-state index in [4.69, 9.17) is 15.9 Å². The van der Waals surface area contributed by atoms with Crippen molar-refractivity contribution in [2.45, 2.75) is 13.8 Å². The van der Waals surface area contributed by atoms with E-state index in [-0.39, 0.29) is 5.97 Å². The van der Waals surface area contributed by atoms with E-state index in [0.717, 1.165) is 0 Å². The Balaban J connectivity index is 0.000000360. The normalized spacial score (nSPS) is 8.78. The predicted octanol–water partition coefficient (Wildman–Crippen LogP) is 0.973. The molecule has 0 aliphatic carbocycles. The zero-order chi connectivity index (χ0) is 14.0. The molecule has 0 radical (unpaired) electrons. The van der Waals surface area contributed by atoms with Crippen LogP contribution in [0.2, 0.25) is 0 Å². The average molecular weight is 255 g/mol. The summed E-state index contributed by atoms with van der Waals surface area (Å²) in [5, 5.41) is 6.31. The molecule has 0 saturated carbocycles. The number of carbonyl (C=O) groups excluding carboxylic acids is 2. The van der Waals surface area contributed by atoms with Gasteiger partial charge in [-0.1, -0.05) is 0 Å². The van der Waals surface area contributed by atoms with E-state index in [0.29, 0.717) is 30.8 Å². The van der Waals surface area contributed by atoms with Gasteiger partial charge in [0.25, 0.3) is 0 Å². The van der Waals surface area contributed by atoms with Crippen LogP contribution in [0.1, 0.15) is 24.2 Å². The van der Waals surface area contributed by atoms with Crippen molar-refractivity contribution in [3.05, 3.63) is 17.8 Å². The van der Waals surface area contributed by atoms with Crippen LogP contribution in [0.5, 0.6) is 0 Å². The Morgan fingerprint density at radius 1 is 1.39 bits per heavy atom. The Labute approximate surface area is 105 Å². The summed E-state index contributed by atoms with van der Waals surface area (Å²) in [4.78, 5) is 23.6. The SMILES string of the molecule is CCOC(=O)C=N.CCOC(=O)c1cc[nH]c1N. The van der Waals surface area contributed by atoms with Crippen molar-refractivity contribution >= 4 is 24.0 Å². The second kappa shape index (κ2) is 8.80. The number of hydrogen-bond donors (Lipinski definition) is 3. The summed E-state index contributed by atoms with van der Waals surface area (Å²) >= 11 is 0. The first-order valence-electron chi connectivity index (χ1n) is 5.33. The highest BCUT2D eigenvalue weighted by Crippen LogP contribution is 2.09. The number of aromatic nitrogens is 1. The molecular weight excluding hydrogens is 238 g/mol. The summed E-state index contributed by atoms with van der Waals surface area (Å²) in [6.07, 6.45) is 2.24. The molecule has 1 heterocycles. The number of nitrogens with two attached hydrogens (primary N) is 1. The lowest BCUT2D eigenvalue weighted by molar-refractivity contribution is -0.134. The minimum absolute atomic E-state index is 0.341. The molecule has 0 spiro atoms. The highest BCUT2D eigenvalue weighted by Gasteiger charge is 2.09. The first-order valence-corrected chi connectivity index (χ1v) is 5.33. The Kier molecular flexibility index (Phi) is 7.67. The molecule has 0 atom stereocenters. The molecule has 0 aliphatic rings. The van der Waals surface area contributed by atoms with Crippen LogP contribution in [0.15, 0.2) is 12.3 Å². The van der Waals surface area contributed by atoms with E-state index in [9.17, 15) is 9.59 Å². The lowest BCUT2D eigenvalue weighted by atomic mass is 10.3. The van der Waals surface area contributed by atoms with Gasteiger partial charge >= 0.3 is 11.9 Å². The average Bonchev–Trinajstić information content (AvgIpc) is 2.77. The van der Waals surface area contributed by atoms with Crippen LogP contribution in [0.25, 0.3) is 0 Å². The molecule has 18 heavy (non-hydrogen) atoms. The van der Waals surface area contributed by atoms with Crippen LogP contribution in [0.4, 0.5) is 5.82 Å². The molecule has 0 fully saturated rings. The molecular formula is C11H17N3O4. The first-order chi connectivity index (χ1) is 8.56. The number of nitrogen functional groups attached to an aromatic ring is 1. The molecule has 1 aromatic heterocycles. The monoisotopic (exact) mass is 255 g/mol. The fourth-order valence-corrected chi connectivity index (χ4v) is 0.953. The molecule has 0 unspecified atom stereocenters. The number of anilines is 1. The Morgan fingerprint density at radius 2 is 2.00 bits per heavy atom. The van der Waals surface area contributed by atoms with E-state index in [1.807, 2.05) is 0 Å². The van der Waals surface area contributed by atoms with Gasteiger partial charge < -0.3 is 25.6 Å². The van der Waals surface area contributed by atoms with Gasteiger partial charge in [-0.2, -0.15) is 0 Å². The van der Waals surface area contributed by atoms with Gasteiger partial charge in [0.2, 0.25) is 0 Å². The summed E-state index contributed by atoms with van der Waals surface area (Å²) < 4.78 is 9.04. The van der Waals surface area contributed by atoms with Crippen LogP contribution in [0.3, 0.4) is 0 Å². The summed E-state index contributed by atoms with van der Waals surface area (Å²) in [5.74, 6) is -0.614. The minimum atomic E-state index is -0.581. The summed E-state index contributed by atoms with van der Waals surface area (Å²) in [7, 11) is 0. The van der Waals surface area contributed by atoms with Gasteiger partial charge in [-0.3, -0.25) is 0 Å². The molecule has 0 aromatic carbocycles. The van der Waals surface area contributed by atoms with Crippen molar-refractivity contribution in [2.75, 3.05) is 18.9 Å². The van der Waals surface area contributed by atoms with Crippen LogP contribution < -0.4 is 5.73 Å². The molecule has 0 amide bonds. The van der Waals surface area contributed by atoms with Crippen molar-refractivity contribution in [3.63, 3.8) is 0 Å².